The molecule has 0 saturated heterocycles. The molecular formula is C19H21ClN2O3. The van der Waals surface area contributed by atoms with E-state index in [-0.39, 0.29) is 12.3 Å². The molecule has 0 spiro atoms. The second kappa shape index (κ2) is 8.12. The Kier molecular flexibility index (Phi) is 6.15. The first-order valence-corrected chi connectivity index (χ1v) is 8.54. The summed E-state index contributed by atoms with van der Waals surface area (Å²) in [6.07, 6.45) is 2.57. The van der Waals surface area contributed by atoms with E-state index in [2.05, 4.69) is 10.3 Å². The number of aliphatic carboxylic acids is 1. The SMILES string of the molecule is CCC(CC)(CC(=O)O)NC(=O)c1cc(-c2ccccn2)ccc1Cl. The van der Waals surface area contributed by atoms with Gasteiger partial charge in [0.15, 0.2) is 0 Å². The molecule has 0 aliphatic rings. The second-order valence-corrected chi connectivity index (χ2v) is 6.33. The molecule has 2 N–H and O–H groups in total. The van der Waals surface area contributed by atoms with E-state index < -0.39 is 11.5 Å². The molecular weight excluding hydrogens is 340 g/mol. The van der Waals surface area contributed by atoms with Crippen LogP contribution in [0.1, 0.15) is 43.5 Å². The van der Waals surface area contributed by atoms with Crippen LogP contribution in [0.4, 0.5) is 0 Å². The Morgan fingerprint density at radius 3 is 2.48 bits per heavy atom. The summed E-state index contributed by atoms with van der Waals surface area (Å²) in [5.41, 5.74) is 1.01. The highest BCUT2D eigenvalue weighted by Gasteiger charge is 2.31. The smallest absolute Gasteiger partial charge is 0.305 e. The maximum absolute atomic E-state index is 12.8. The number of nitrogens with zero attached hydrogens (tertiary/aromatic N) is 1. The maximum atomic E-state index is 12.8. The molecule has 0 bridgehead atoms. The largest absolute Gasteiger partial charge is 0.481 e. The predicted octanol–water partition coefficient (Wildman–Crippen LogP) is 4.17. The van der Waals surface area contributed by atoms with Crippen LogP contribution in [-0.2, 0) is 4.79 Å². The zero-order valence-corrected chi connectivity index (χ0v) is 15.0. The molecule has 0 aliphatic carbocycles. The van der Waals surface area contributed by atoms with Crippen molar-refractivity contribution in [3.63, 3.8) is 0 Å². The monoisotopic (exact) mass is 360 g/mol. The zero-order chi connectivity index (χ0) is 18.4. The lowest BCUT2D eigenvalue weighted by Gasteiger charge is -2.31. The van der Waals surface area contributed by atoms with Gasteiger partial charge in [0.2, 0.25) is 0 Å². The quantitative estimate of drug-likeness (QED) is 0.776. The van der Waals surface area contributed by atoms with Gasteiger partial charge in [-0.05, 0) is 37.1 Å². The molecule has 25 heavy (non-hydrogen) atoms. The number of carbonyl (C=O) groups is 2. The Bertz CT molecular complexity index is 759. The summed E-state index contributed by atoms with van der Waals surface area (Å²) < 4.78 is 0. The lowest BCUT2D eigenvalue weighted by Crippen LogP contribution is -2.49. The van der Waals surface area contributed by atoms with Gasteiger partial charge in [0, 0.05) is 11.8 Å². The summed E-state index contributed by atoms with van der Waals surface area (Å²) in [5, 5.41) is 12.3. The Balaban J connectivity index is 2.33. The van der Waals surface area contributed by atoms with E-state index in [0.29, 0.717) is 23.4 Å². The first kappa shape index (κ1) is 18.9. The highest BCUT2D eigenvalue weighted by atomic mass is 35.5. The third-order valence-corrected chi connectivity index (χ3v) is 4.72. The van der Waals surface area contributed by atoms with Crippen LogP contribution in [0.3, 0.4) is 0 Å². The number of hydrogen-bond acceptors (Lipinski definition) is 3. The Labute approximate surface area is 152 Å². The highest BCUT2D eigenvalue weighted by molar-refractivity contribution is 6.34. The molecule has 1 aromatic heterocycles. The summed E-state index contributed by atoms with van der Waals surface area (Å²) in [7, 11) is 0. The fourth-order valence-electron chi connectivity index (χ4n) is 2.71. The number of nitrogens with one attached hydrogen (secondary N) is 1. The van der Waals surface area contributed by atoms with Crippen molar-refractivity contribution >= 4 is 23.5 Å². The van der Waals surface area contributed by atoms with Crippen LogP contribution in [0.15, 0.2) is 42.6 Å². The topological polar surface area (TPSA) is 79.3 Å². The third kappa shape index (κ3) is 4.57. The molecule has 0 unspecified atom stereocenters. The lowest BCUT2D eigenvalue weighted by molar-refractivity contribution is -0.138. The molecule has 1 amide bonds. The predicted molar refractivity (Wildman–Crippen MR) is 97.7 cm³/mol. The standard InChI is InChI=1S/C19H21ClN2O3/c1-3-19(4-2,12-17(23)24)22-18(25)14-11-13(8-9-15(14)20)16-7-5-6-10-21-16/h5-11H,3-4,12H2,1-2H3,(H,22,25)(H,23,24). The average Bonchev–Trinajstić information content (AvgIpc) is 2.61. The van der Waals surface area contributed by atoms with Crippen molar-refractivity contribution in [2.75, 3.05) is 0 Å². The molecule has 0 radical (unpaired) electrons. The van der Waals surface area contributed by atoms with Gasteiger partial charge in [-0.2, -0.15) is 0 Å². The summed E-state index contributed by atoms with van der Waals surface area (Å²) in [4.78, 5) is 28.2. The van der Waals surface area contributed by atoms with Crippen molar-refractivity contribution in [3.8, 4) is 11.3 Å². The number of carboxylic acids is 1. The van der Waals surface area contributed by atoms with Crippen LogP contribution in [0.5, 0.6) is 0 Å². The first-order chi connectivity index (χ1) is 11.9. The molecule has 0 saturated carbocycles. The Morgan fingerprint density at radius 1 is 1.20 bits per heavy atom. The lowest BCUT2D eigenvalue weighted by atomic mass is 9.88. The minimum absolute atomic E-state index is 0.136. The summed E-state index contributed by atoms with van der Waals surface area (Å²) in [6.45, 7) is 3.72. The van der Waals surface area contributed by atoms with Crippen molar-refractivity contribution in [1.82, 2.24) is 10.3 Å². The van der Waals surface area contributed by atoms with E-state index in [4.69, 9.17) is 16.7 Å². The molecule has 0 fully saturated rings. The van der Waals surface area contributed by atoms with E-state index in [1.165, 1.54) is 0 Å². The van der Waals surface area contributed by atoms with Gasteiger partial charge in [-0.3, -0.25) is 14.6 Å². The number of carbonyl (C=O) groups excluding carboxylic acids is 1. The summed E-state index contributed by atoms with van der Waals surface area (Å²) in [5.74, 6) is -1.33. The number of rotatable bonds is 7. The van der Waals surface area contributed by atoms with Crippen LogP contribution in [0, 0.1) is 0 Å². The maximum Gasteiger partial charge on any atom is 0.305 e. The van der Waals surface area contributed by atoms with Crippen molar-refractivity contribution < 1.29 is 14.7 Å². The normalized spacial score (nSPS) is 11.2. The highest BCUT2D eigenvalue weighted by Crippen LogP contribution is 2.26. The van der Waals surface area contributed by atoms with Crippen molar-refractivity contribution in [2.24, 2.45) is 0 Å². The number of pyridine rings is 1. The van der Waals surface area contributed by atoms with Gasteiger partial charge in [0.25, 0.3) is 5.91 Å². The van der Waals surface area contributed by atoms with Crippen LogP contribution >= 0.6 is 11.6 Å². The molecule has 132 valence electrons. The Morgan fingerprint density at radius 2 is 1.92 bits per heavy atom. The van der Waals surface area contributed by atoms with Crippen molar-refractivity contribution in [1.29, 1.82) is 0 Å². The molecule has 1 aromatic carbocycles. The Hall–Kier alpha value is -2.40. The van der Waals surface area contributed by atoms with Crippen LogP contribution in [0.25, 0.3) is 11.3 Å². The minimum Gasteiger partial charge on any atom is -0.481 e. The van der Waals surface area contributed by atoms with Crippen LogP contribution < -0.4 is 5.32 Å². The molecule has 0 aliphatic heterocycles. The van der Waals surface area contributed by atoms with E-state index in [0.717, 1.165) is 11.3 Å². The zero-order valence-electron chi connectivity index (χ0n) is 14.3. The summed E-state index contributed by atoms with van der Waals surface area (Å²) >= 11 is 6.20. The number of hydrogen-bond donors (Lipinski definition) is 2. The van der Waals surface area contributed by atoms with Gasteiger partial charge < -0.3 is 10.4 Å². The average molecular weight is 361 g/mol. The number of benzene rings is 1. The fraction of sp³-hybridized carbons (Fsp3) is 0.316. The van der Waals surface area contributed by atoms with E-state index in [1.807, 2.05) is 32.0 Å². The molecule has 5 nitrogen and oxygen atoms in total. The fourth-order valence-corrected chi connectivity index (χ4v) is 2.91. The van der Waals surface area contributed by atoms with Crippen LogP contribution in [0.2, 0.25) is 5.02 Å². The minimum atomic E-state index is -0.947. The van der Waals surface area contributed by atoms with E-state index >= 15 is 0 Å². The molecule has 0 atom stereocenters. The van der Waals surface area contributed by atoms with Crippen molar-refractivity contribution in [3.05, 3.63) is 53.2 Å². The summed E-state index contributed by atoms with van der Waals surface area (Å²) in [6, 6.07) is 10.6. The molecule has 6 heteroatoms. The van der Waals surface area contributed by atoms with Gasteiger partial charge in [-0.1, -0.05) is 37.6 Å². The van der Waals surface area contributed by atoms with Crippen LogP contribution in [-0.4, -0.2) is 27.5 Å². The molecule has 1 heterocycles. The van der Waals surface area contributed by atoms with Gasteiger partial charge in [-0.15, -0.1) is 0 Å². The van der Waals surface area contributed by atoms with Gasteiger partial charge in [0.05, 0.1) is 28.2 Å². The van der Waals surface area contributed by atoms with Crippen molar-refractivity contribution in [2.45, 2.75) is 38.6 Å². The van der Waals surface area contributed by atoms with Gasteiger partial charge >= 0.3 is 5.97 Å². The molecule has 2 aromatic rings. The number of halogens is 1. The van der Waals surface area contributed by atoms with Gasteiger partial charge in [0.1, 0.15) is 0 Å². The van der Waals surface area contributed by atoms with E-state index in [9.17, 15) is 9.59 Å². The number of amides is 1. The second-order valence-electron chi connectivity index (χ2n) is 5.92. The third-order valence-electron chi connectivity index (χ3n) is 4.39. The van der Waals surface area contributed by atoms with Gasteiger partial charge in [-0.25, -0.2) is 0 Å². The number of carboxylic acid groups (broad SMARTS) is 1. The molecule has 2 rings (SSSR count). The first-order valence-electron chi connectivity index (χ1n) is 8.16. The van der Waals surface area contributed by atoms with E-state index in [1.54, 1.807) is 24.4 Å². The number of aromatic nitrogens is 1.